The third kappa shape index (κ3) is 3.67. The van der Waals surface area contributed by atoms with Crippen LogP contribution in [0.1, 0.15) is 0 Å². The van der Waals surface area contributed by atoms with Crippen LogP contribution in [0, 0.1) is 0 Å². The largest absolute Gasteiger partial charge is 0.465 e. The van der Waals surface area contributed by atoms with Crippen LogP contribution < -0.4 is 11.1 Å². The Kier molecular flexibility index (Phi) is 3.97. The van der Waals surface area contributed by atoms with Crippen molar-refractivity contribution < 1.29 is 15.1 Å². The molecule has 5 N–H and O–H groups in total. The van der Waals surface area contributed by atoms with E-state index in [0.29, 0.717) is 0 Å². The number of carbonyl (C=O) groups is 1. The summed E-state index contributed by atoms with van der Waals surface area (Å²) in [5, 5.41) is 20.7. The topological polar surface area (TPSA) is 108 Å². The number of hydrogen-bond donors (Lipinski definition) is 4. The Hall–Kier alpha value is -1.30. The number of rotatable bonds is 3. The van der Waals surface area contributed by atoms with Crippen LogP contribution in [0.3, 0.4) is 0 Å². The maximum Gasteiger partial charge on any atom is 0.405 e. The Bertz CT molecular complexity index is 136. The van der Waals surface area contributed by atoms with Gasteiger partial charge < -0.3 is 21.4 Å². The molecule has 10 heavy (non-hydrogen) atoms. The molecule has 0 fully saturated rings. The molecular formula is C4H9N3O3. The first-order valence-electron chi connectivity index (χ1n) is 2.57. The first-order chi connectivity index (χ1) is 4.70. The Morgan fingerprint density at radius 2 is 2.50 bits per heavy atom. The normalized spacial score (nSPS) is 13.3. The molecule has 0 aliphatic rings. The summed E-state index contributed by atoms with van der Waals surface area (Å²) < 4.78 is 0. The number of carboxylic acid groups (broad SMARTS) is 1. The predicted octanol–water partition coefficient (Wildman–Crippen LogP) is -0.959. The lowest BCUT2D eigenvalue weighted by atomic mass is 10.3. The van der Waals surface area contributed by atoms with Gasteiger partial charge in [-0.2, -0.15) is 0 Å². The van der Waals surface area contributed by atoms with Crippen molar-refractivity contribution in [1.29, 1.82) is 0 Å². The molecule has 0 saturated carbocycles. The molecular weight excluding hydrogens is 138 g/mol. The molecule has 0 unspecified atom stereocenters. The second kappa shape index (κ2) is 4.57. The fourth-order valence-electron chi connectivity index (χ4n) is 0.396. The maximum atomic E-state index is 9.93. The van der Waals surface area contributed by atoms with E-state index < -0.39 is 12.1 Å². The van der Waals surface area contributed by atoms with Crippen molar-refractivity contribution in [1.82, 2.24) is 5.32 Å². The van der Waals surface area contributed by atoms with E-state index in [1.807, 2.05) is 5.32 Å². The average Bonchev–Trinajstić information content (AvgIpc) is 1.86. The average molecular weight is 147 g/mol. The molecule has 58 valence electrons. The summed E-state index contributed by atoms with van der Waals surface area (Å²) in [4.78, 5) is 9.93. The lowest BCUT2D eigenvalue weighted by molar-refractivity contribution is 0.193. The Labute approximate surface area is 57.3 Å². The summed E-state index contributed by atoms with van der Waals surface area (Å²) >= 11 is 0. The van der Waals surface area contributed by atoms with Crippen molar-refractivity contribution in [3.05, 3.63) is 0 Å². The van der Waals surface area contributed by atoms with Crippen LogP contribution in [0.2, 0.25) is 0 Å². The molecule has 1 atom stereocenters. The van der Waals surface area contributed by atoms with E-state index in [1.165, 1.54) is 0 Å². The number of nitrogens with zero attached hydrogens (tertiary/aromatic N) is 1. The Morgan fingerprint density at radius 3 is 2.80 bits per heavy atom. The van der Waals surface area contributed by atoms with Crippen LogP contribution in [0.4, 0.5) is 4.79 Å². The van der Waals surface area contributed by atoms with E-state index >= 15 is 0 Å². The van der Waals surface area contributed by atoms with E-state index in [4.69, 9.17) is 16.0 Å². The second-order valence-electron chi connectivity index (χ2n) is 1.56. The van der Waals surface area contributed by atoms with Crippen molar-refractivity contribution in [3.8, 4) is 0 Å². The molecule has 0 saturated heterocycles. The first-order valence-corrected chi connectivity index (χ1v) is 2.57. The van der Waals surface area contributed by atoms with Gasteiger partial charge in [-0.1, -0.05) is 5.16 Å². The molecule has 0 spiro atoms. The van der Waals surface area contributed by atoms with Crippen LogP contribution in [0.5, 0.6) is 0 Å². The Morgan fingerprint density at radius 1 is 1.90 bits per heavy atom. The van der Waals surface area contributed by atoms with E-state index in [0.717, 1.165) is 6.21 Å². The summed E-state index contributed by atoms with van der Waals surface area (Å²) in [6.07, 6.45) is -0.191. The van der Waals surface area contributed by atoms with Gasteiger partial charge in [0, 0.05) is 6.54 Å². The minimum absolute atomic E-state index is 0.0658. The van der Waals surface area contributed by atoms with Crippen LogP contribution in [0.25, 0.3) is 0 Å². The van der Waals surface area contributed by atoms with E-state index in [2.05, 4.69) is 5.16 Å². The summed E-state index contributed by atoms with van der Waals surface area (Å²) in [5.41, 5.74) is 5.08. The molecule has 0 aromatic heterocycles. The van der Waals surface area contributed by atoms with E-state index in [9.17, 15) is 4.79 Å². The third-order valence-electron chi connectivity index (χ3n) is 0.809. The van der Waals surface area contributed by atoms with Crippen molar-refractivity contribution in [2.75, 3.05) is 6.54 Å². The molecule has 6 nitrogen and oxygen atoms in total. The second-order valence-corrected chi connectivity index (χ2v) is 1.56. The highest BCUT2D eigenvalue weighted by molar-refractivity contribution is 5.73. The van der Waals surface area contributed by atoms with Crippen LogP contribution in [-0.2, 0) is 0 Å². The highest BCUT2D eigenvalue weighted by Gasteiger charge is 2.04. The zero-order valence-electron chi connectivity index (χ0n) is 5.19. The zero-order valence-corrected chi connectivity index (χ0v) is 5.19. The fraction of sp³-hybridized carbons (Fsp3) is 0.500. The van der Waals surface area contributed by atoms with Gasteiger partial charge in [-0.05, 0) is 0 Å². The van der Waals surface area contributed by atoms with Gasteiger partial charge in [0.2, 0.25) is 0 Å². The molecule has 0 aromatic carbocycles. The van der Waals surface area contributed by atoms with Crippen LogP contribution in [-0.4, -0.2) is 35.2 Å². The van der Waals surface area contributed by atoms with Gasteiger partial charge in [0.25, 0.3) is 0 Å². The summed E-state index contributed by atoms with van der Waals surface area (Å²) in [6.45, 7) is 0.0658. The number of nitrogens with two attached hydrogens (primary N) is 1. The molecule has 0 radical (unpaired) electrons. The summed E-state index contributed by atoms with van der Waals surface area (Å²) in [5.74, 6) is 0. The number of amides is 1. The Balaban J connectivity index is 3.71. The highest BCUT2D eigenvalue weighted by atomic mass is 16.4. The van der Waals surface area contributed by atoms with E-state index in [1.54, 1.807) is 0 Å². The van der Waals surface area contributed by atoms with Crippen LogP contribution in [0.15, 0.2) is 5.16 Å². The molecule has 6 heteroatoms. The smallest absolute Gasteiger partial charge is 0.405 e. The predicted molar refractivity (Wildman–Crippen MR) is 34.3 cm³/mol. The van der Waals surface area contributed by atoms with Crippen molar-refractivity contribution >= 4 is 12.3 Å². The minimum atomic E-state index is -1.20. The van der Waals surface area contributed by atoms with Crippen LogP contribution >= 0.6 is 0 Å². The first kappa shape index (κ1) is 8.70. The molecule has 1 amide bonds. The van der Waals surface area contributed by atoms with Gasteiger partial charge in [-0.15, -0.1) is 0 Å². The molecule has 0 aliphatic carbocycles. The number of nitrogens with one attached hydrogen (secondary N) is 1. The minimum Gasteiger partial charge on any atom is -0.465 e. The molecule has 0 rings (SSSR count). The van der Waals surface area contributed by atoms with Gasteiger partial charge in [0.15, 0.2) is 0 Å². The molecule has 0 aromatic rings. The number of oxime groups is 1. The van der Waals surface area contributed by atoms with Gasteiger partial charge >= 0.3 is 6.09 Å². The zero-order chi connectivity index (χ0) is 7.98. The SMILES string of the molecule is NC[C@@H](/C=N/O)NC(=O)O. The lowest BCUT2D eigenvalue weighted by Gasteiger charge is -2.06. The van der Waals surface area contributed by atoms with Crippen molar-refractivity contribution in [2.45, 2.75) is 6.04 Å². The molecule has 0 aliphatic heterocycles. The van der Waals surface area contributed by atoms with E-state index in [-0.39, 0.29) is 6.54 Å². The van der Waals surface area contributed by atoms with Gasteiger partial charge in [-0.3, -0.25) is 0 Å². The highest BCUT2D eigenvalue weighted by Crippen LogP contribution is 1.74. The van der Waals surface area contributed by atoms with Crippen molar-refractivity contribution in [3.63, 3.8) is 0 Å². The fourth-order valence-corrected chi connectivity index (χ4v) is 0.396. The van der Waals surface area contributed by atoms with Gasteiger partial charge in [-0.25, -0.2) is 4.79 Å². The lowest BCUT2D eigenvalue weighted by Crippen LogP contribution is -2.40. The van der Waals surface area contributed by atoms with Crippen molar-refractivity contribution in [2.24, 2.45) is 10.9 Å². The summed E-state index contributed by atoms with van der Waals surface area (Å²) in [6, 6.07) is -0.623. The summed E-state index contributed by atoms with van der Waals surface area (Å²) in [7, 11) is 0. The monoisotopic (exact) mass is 147 g/mol. The third-order valence-corrected chi connectivity index (χ3v) is 0.809. The van der Waals surface area contributed by atoms with Gasteiger partial charge in [0.1, 0.15) is 0 Å². The number of hydrogen-bond acceptors (Lipinski definition) is 4. The van der Waals surface area contributed by atoms with Gasteiger partial charge in [0.05, 0.1) is 12.3 Å². The standard InChI is InChI=1S/C4H9N3O3/c5-1-3(2-6-10)7-4(8)9/h2-3,7,10H,1,5H2,(H,8,9)/b6-2+/t3-/m0/s1. The quantitative estimate of drug-likeness (QED) is 0.234. The molecule has 0 bridgehead atoms. The maximum absolute atomic E-state index is 9.93. The molecule has 0 heterocycles.